The van der Waals surface area contributed by atoms with Crippen molar-refractivity contribution < 1.29 is 9.47 Å². The number of ether oxygens (including phenoxy) is 2. The minimum absolute atomic E-state index is 0.310. The lowest BCUT2D eigenvalue weighted by molar-refractivity contribution is 0.174. The first kappa shape index (κ1) is 11.0. The quantitative estimate of drug-likeness (QED) is 0.866. The lowest BCUT2D eigenvalue weighted by atomic mass is 10.2. The van der Waals surface area contributed by atoms with Crippen molar-refractivity contribution in [3.63, 3.8) is 0 Å². The van der Waals surface area contributed by atoms with Gasteiger partial charge in [0.2, 0.25) is 6.79 Å². The first-order chi connectivity index (χ1) is 8.81. The molecule has 3 rings (SSSR count). The Morgan fingerprint density at radius 1 is 1.28 bits per heavy atom. The smallest absolute Gasteiger partial charge is 0.231 e. The Kier molecular flexibility index (Phi) is 2.85. The van der Waals surface area contributed by atoms with Crippen molar-refractivity contribution in [3.05, 3.63) is 35.9 Å². The monoisotopic (exact) mass is 246 g/mol. The Balaban J connectivity index is 1.57. The van der Waals surface area contributed by atoms with E-state index in [1.807, 2.05) is 25.2 Å². The average molecular weight is 246 g/mol. The van der Waals surface area contributed by atoms with Gasteiger partial charge in [-0.25, -0.2) is 4.98 Å². The first-order valence-corrected chi connectivity index (χ1v) is 5.75. The molecule has 1 aromatic carbocycles. The van der Waals surface area contributed by atoms with Gasteiger partial charge >= 0.3 is 0 Å². The first-order valence-electron chi connectivity index (χ1n) is 5.75. The second kappa shape index (κ2) is 4.66. The van der Waals surface area contributed by atoms with Crippen LogP contribution in [0, 0.1) is 0 Å². The zero-order chi connectivity index (χ0) is 12.4. The summed E-state index contributed by atoms with van der Waals surface area (Å²) in [5.41, 5.74) is 1.15. The summed E-state index contributed by atoms with van der Waals surface area (Å²) in [6.07, 6.45) is 1.69. The number of hydrogen-bond donors (Lipinski definition) is 1. The van der Waals surface area contributed by atoms with Crippen LogP contribution < -0.4 is 14.8 Å². The van der Waals surface area contributed by atoms with E-state index >= 15 is 0 Å². The molecular weight excluding hydrogens is 232 g/mol. The van der Waals surface area contributed by atoms with E-state index in [0.29, 0.717) is 13.3 Å². The van der Waals surface area contributed by atoms with Gasteiger partial charge in [-0.1, -0.05) is 6.07 Å². The molecule has 0 fully saturated rings. The Labute approximate surface area is 105 Å². The van der Waals surface area contributed by atoms with E-state index in [2.05, 4.69) is 15.4 Å². The largest absolute Gasteiger partial charge is 0.454 e. The van der Waals surface area contributed by atoms with Crippen LogP contribution in [0.3, 0.4) is 0 Å². The van der Waals surface area contributed by atoms with Gasteiger partial charge in [-0.05, 0) is 17.7 Å². The summed E-state index contributed by atoms with van der Waals surface area (Å²) in [7, 11) is 1.86. The molecule has 0 saturated carbocycles. The molecular formula is C12H14N4O2. The van der Waals surface area contributed by atoms with E-state index in [4.69, 9.17) is 9.47 Å². The van der Waals surface area contributed by atoms with Crippen LogP contribution in [0.1, 0.15) is 11.4 Å². The molecule has 2 heterocycles. The van der Waals surface area contributed by atoms with E-state index in [1.165, 1.54) is 0 Å². The summed E-state index contributed by atoms with van der Waals surface area (Å²) in [4.78, 5) is 4.15. The molecule has 0 radical (unpaired) electrons. The second-order valence-electron chi connectivity index (χ2n) is 4.13. The van der Waals surface area contributed by atoms with Gasteiger partial charge in [0.15, 0.2) is 17.3 Å². The highest BCUT2D eigenvalue weighted by atomic mass is 16.7. The van der Waals surface area contributed by atoms with Gasteiger partial charge in [-0.3, -0.25) is 4.68 Å². The molecule has 0 bridgehead atoms. The van der Waals surface area contributed by atoms with Gasteiger partial charge < -0.3 is 14.8 Å². The maximum Gasteiger partial charge on any atom is 0.231 e. The van der Waals surface area contributed by atoms with E-state index in [0.717, 1.165) is 29.4 Å². The van der Waals surface area contributed by atoms with Crippen LogP contribution in [-0.2, 0) is 20.1 Å². The number of nitrogens with one attached hydrogen (secondary N) is 1. The zero-order valence-corrected chi connectivity index (χ0v) is 10.1. The van der Waals surface area contributed by atoms with Gasteiger partial charge in [-0.2, -0.15) is 5.10 Å². The number of hydrogen-bond acceptors (Lipinski definition) is 5. The normalized spacial score (nSPS) is 12.9. The number of nitrogens with zero attached hydrogens (tertiary/aromatic N) is 3. The summed E-state index contributed by atoms with van der Waals surface area (Å²) < 4.78 is 12.3. The van der Waals surface area contributed by atoms with Crippen molar-refractivity contribution in [2.75, 3.05) is 6.79 Å². The van der Waals surface area contributed by atoms with Gasteiger partial charge in [0, 0.05) is 13.6 Å². The summed E-state index contributed by atoms with van der Waals surface area (Å²) >= 11 is 0. The molecule has 6 nitrogen and oxygen atoms in total. The van der Waals surface area contributed by atoms with Crippen LogP contribution in [0.4, 0.5) is 0 Å². The molecule has 0 atom stereocenters. The molecule has 0 unspecified atom stereocenters. The Hall–Kier alpha value is -2.08. The molecule has 0 saturated heterocycles. The predicted octanol–water partition coefficient (Wildman–Crippen LogP) is 0.834. The number of benzene rings is 1. The molecule has 94 valence electrons. The molecule has 6 heteroatoms. The molecule has 2 aromatic rings. The van der Waals surface area contributed by atoms with Crippen molar-refractivity contribution in [2.45, 2.75) is 13.1 Å². The van der Waals surface area contributed by atoms with Crippen LogP contribution in [0.5, 0.6) is 11.5 Å². The van der Waals surface area contributed by atoms with E-state index in [9.17, 15) is 0 Å². The van der Waals surface area contributed by atoms with Crippen molar-refractivity contribution >= 4 is 0 Å². The maximum atomic E-state index is 5.33. The topological polar surface area (TPSA) is 61.2 Å². The molecule has 1 N–H and O–H groups in total. The van der Waals surface area contributed by atoms with Gasteiger partial charge in [0.1, 0.15) is 6.33 Å². The molecule has 0 amide bonds. The van der Waals surface area contributed by atoms with Crippen LogP contribution >= 0.6 is 0 Å². The van der Waals surface area contributed by atoms with Gasteiger partial charge in [0.25, 0.3) is 0 Å². The fraction of sp³-hybridized carbons (Fsp3) is 0.333. The van der Waals surface area contributed by atoms with Crippen LogP contribution in [0.25, 0.3) is 0 Å². The van der Waals surface area contributed by atoms with Crippen molar-refractivity contribution in [2.24, 2.45) is 7.05 Å². The molecule has 18 heavy (non-hydrogen) atoms. The van der Waals surface area contributed by atoms with Crippen molar-refractivity contribution in [1.29, 1.82) is 0 Å². The standard InChI is InChI=1S/C12H14N4O2/c1-16-7-14-12(15-16)6-13-5-9-2-3-10-11(4-9)18-8-17-10/h2-4,7,13H,5-6,8H2,1H3. The van der Waals surface area contributed by atoms with Crippen LogP contribution in [-0.4, -0.2) is 21.6 Å². The fourth-order valence-electron chi connectivity index (χ4n) is 1.83. The number of rotatable bonds is 4. The van der Waals surface area contributed by atoms with E-state index in [-0.39, 0.29) is 0 Å². The summed E-state index contributed by atoms with van der Waals surface area (Å²) in [5.74, 6) is 2.41. The SMILES string of the molecule is Cn1cnc(CNCc2ccc3c(c2)OCO3)n1. The predicted molar refractivity (Wildman–Crippen MR) is 64.1 cm³/mol. The highest BCUT2D eigenvalue weighted by molar-refractivity contribution is 5.44. The van der Waals surface area contributed by atoms with Gasteiger partial charge in [-0.15, -0.1) is 0 Å². The lowest BCUT2D eigenvalue weighted by Crippen LogP contribution is -2.14. The third-order valence-corrected chi connectivity index (χ3v) is 2.70. The minimum atomic E-state index is 0.310. The maximum absolute atomic E-state index is 5.33. The van der Waals surface area contributed by atoms with E-state index in [1.54, 1.807) is 11.0 Å². The van der Waals surface area contributed by atoms with Crippen LogP contribution in [0.2, 0.25) is 0 Å². The fourth-order valence-corrected chi connectivity index (χ4v) is 1.83. The van der Waals surface area contributed by atoms with Crippen molar-refractivity contribution in [3.8, 4) is 11.5 Å². The molecule has 1 aromatic heterocycles. The average Bonchev–Trinajstić information content (AvgIpc) is 2.97. The van der Waals surface area contributed by atoms with E-state index < -0.39 is 0 Å². The minimum Gasteiger partial charge on any atom is -0.454 e. The van der Waals surface area contributed by atoms with Crippen LogP contribution in [0.15, 0.2) is 24.5 Å². The molecule has 1 aliphatic heterocycles. The zero-order valence-electron chi connectivity index (χ0n) is 10.1. The highest BCUT2D eigenvalue weighted by Crippen LogP contribution is 2.32. The third-order valence-electron chi connectivity index (χ3n) is 2.70. The Morgan fingerprint density at radius 2 is 2.17 bits per heavy atom. The van der Waals surface area contributed by atoms with Gasteiger partial charge in [0.05, 0.1) is 6.54 Å². The number of fused-ring (bicyclic) bond motifs is 1. The number of aromatic nitrogens is 3. The van der Waals surface area contributed by atoms with Crippen molar-refractivity contribution in [1.82, 2.24) is 20.1 Å². The molecule has 1 aliphatic rings. The summed E-state index contributed by atoms with van der Waals surface area (Å²) in [6, 6.07) is 5.94. The lowest BCUT2D eigenvalue weighted by Gasteiger charge is -2.03. The summed E-state index contributed by atoms with van der Waals surface area (Å²) in [5, 5.41) is 7.49. The Bertz CT molecular complexity index is 553. The Morgan fingerprint density at radius 3 is 3.00 bits per heavy atom. The molecule has 0 spiro atoms. The second-order valence-corrected chi connectivity index (χ2v) is 4.13. The summed E-state index contributed by atoms with van der Waals surface area (Å²) in [6.45, 7) is 1.70. The highest BCUT2D eigenvalue weighted by Gasteiger charge is 2.12. The molecule has 0 aliphatic carbocycles. The number of aryl methyl sites for hydroxylation is 1. The third kappa shape index (κ3) is 2.28.